The van der Waals surface area contributed by atoms with E-state index in [1.54, 1.807) is 12.1 Å². The van der Waals surface area contributed by atoms with E-state index in [9.17, 15) is 0 Å². The van der Waals surface area contributed by atoms with Crippen molar-refractivity contribution in [2.24, 2.45) is 0 Å². The lowest BCUT2D eigenvalue weighted by Gasteiger charge is -2.14. The maximum absolute atomic E-state index is 9.08. The Morgan fingerprint density at radius 2 is 1.85 bits per heavy atom. The number of nitrogens with zero attached hydrogens (tertiary/aromatic N) is 3. The molecule has 2 aromatic carbocycles. The van der Waals surface area contributed by atoms with Crippen molar-refractivity contribution in [3.05, 3.63) is 66.2 Å². The summed E-state index contributed by atoms with van der Waals surface area (Å²) in [5.74, 6) is 1.26. The molecular formula is C21H21N5. The molecule has 1 aromatic heterocycles. The Morgan fingerprint density at radius 3 is 2.58 bits per heavy atom. The Kier molecular flexibility index (Phi) is 5.45. The van der Waals surface area contributed by atoms with Gasteiger partial charge in [0.25, 0.3) is 0 Å². The molecule has 0 saturated heterocycles. The third kappa shape index (κ3) is 4.37. The number of hydrogen-bond acceptors (Lipinski definition) is 5. The first-order chi connectivity index (χ1) is 12.7. The summed E-state index contributed by atoms with van der Waals surface area (Å²) in [6.07, 6.45) is 0.978. The molecule has 3 aromatic rings. The van der Waals surface area contributed by atoms with Gasteiger partial charge in [-0.15, -0.1) is 0 Å². The molecule has 2 N–H and O–H groups in total. The molecule has 5 nitrogen and oxygen atoms in total. The van der Waals surface area contributed by atoms with E-state index in [0.29, 0.717) is 17.3 Å². The second kappa shape index (κ2) is 8.13. The van der Waals surface area contributed by atoms with E-state index in [4.69, 9.17) is 5.26 Å². The van der Waals surface area contributed by atoms with Crippen LogP contribution in [-0.2, 0) is 0 Å². The van der Waals surface area contributed by atoms with E-state index in [1.807, 2.05) is 48.5 Å². The van der Waals surface area contributed by atoms with E-state index >= 15 is 0 Å². The molecule has 0 bridgehead atoms. The van der Waals surface area contributed by atoms with Gasteiger partial charge in [-0.05, 0) is 31.5 Å². The summed E-state index contributed by atoms with van der Waals surface area (Å²) in [4.78, 5) is 9.23. The topological polar surface area (TPSA) is 73.6 Å². The lowest BCUT2D eigenvalue weighted by Crippen LogP contribution is -2.16. The zero-order chi connectivity index (χ0) is 18.4. The number of benzene rings is 2. The Hall–Kier alpha value is -3.39. The Morgan fingerprint density at radius 1 is 1.04 bits per heavy atom. The summed E-state index contributed by atoms with van der Waals surface area (Å²) in [5.41, 5.74) is 3.28. The van der Waals surface area contributed by atoms with E-state index < -0.39 is 0 Å². The van der Waals surface area contributed by atoms with Gasteiger partial charge in [0.15, 0.2) is 0 Å². The highest BCUT2D eigenvalue weighted by atomic mass is 15.2. The molecular weight excluding hydrogens is 322 g/mol. The minimum Gasteiger partial charge on any atom is -0.352 e. The number of nitrogens with one attached hydrogen (secondary N) is 2. The van der Waals surface area contributed by atoms with Crippen LogP contribution in [0.15, 0.2) is 60.7 Å². The van der Waals surface area contributed by atoms with Crippen molar-refractivity contribution in [3.63, 3.8) is 0 Å². The van der Waals surface area contributed by atoms with Crippen molar-refractivity contribution in [2.45, 2.75) is 26.3 Å². The highest BCUT2D eigenvalue weighted by molar-refractivity contribution is 5.67. The zero-order valence-electron chi connectivity index (χ0n) is 14.9. The summed E-state index contributed by atoms with van der Waals surface area (Å²) >= 11 is 0. The number of aromatic nitrogens is 2. The Labute approximate surface area is 153 Å². The van der Waals surface area contributed by atoms with Crippen LogP contribution < -0.4 is 10.6 Å². The Balaban J connectivity index is 1.97. The molecule has 130 valence electrons. The van der Waals surface area contributed by atoms with Gasteiger partial charge in [0.05, 0.1) is 17.3 Å². The summed E-state index contributed by atoms with van der Waals surface area (Å²) in [5, 5.41) is 15.7. The van der Waals surface area contributed by atoms with Crippen LogP contribution in [0.4, 0.5) is 17.5 Å². The predicted molar refractivity (Wildman–Crippen MR) is 105 cm³/mol. The van der Waals surface area contributed by atoms with Crippen LogP contribution in [0.5, 0.6) is 0 Å². The van der Waals surface area contributed by atoms with Crippen LogP contribution in [0, 0.1) is 11.3 Å². The first-order valence-electron chi connectivity index (χ1n) is 8.66. The maximum Gasteiger partial charge on any atom is 0.225 e. The second-order valence-electron chi connectivity index (χ2n) is 6.10. The van der Waals surface area contributed by atoms with E-state index in [-0.39, 0.29) is 6.04 Å². The van der Waals surface area contributed by atoms with Crippen LogP contribution in [0.25, 0.3) is 11.3 Å². The molecule has 0 aliphatic carbocycles. The summed E-state index contributed by atoms with van der Waals surface area (Å²) in [6.45, 7) is 4.22. The lowest BCUT2D eigenvalue weighted by molar-refractivity contribution is 0.753. The first kappa shape index (κ1) is 17.4. The SMILES string of the molecule is CC[C@H](C)Nc1nc(Nc2cccc(C#N)c2)cc(-c2ccccc2)n1. The highest BCUT2D eigenvalue weighted by Crippen LogP contribution is 2.24. The molecule has 5 heteroatoms. The molecule has 0 saturated carbocycles. The second-order valence-corrected chi connectivity index (χ2v) is 6.10. The predicted octanol–water partition coefficient (Wildman–Crippen LogP) is 4.97. The molecule has 3 rings (SSSR count). The third-order valence-electron chi connectivity index (χ3n) is 4.05. The molecule has 1 atom stereocenters. The molecule has 0 aliphatic rings. The molecule has 0 fully saturated rings. The average molecular weight is 343 g/mol. The van der Waals surface area contributed by atoms with Crippen LogP contribution in [0.3, 0.4) is 0 Å². The van der Waals surface area contributed by atoms with Crippen molar-refractivity contribution >= 4 is 17.5 Å². The first-order valence-corrected chi connectivity index (χ1v) is 8.66. The lowest BCUT2D eigenvalue weighted by atomic mass is 10.1. The highest BCUT2D eigenvalue weighted by Gasteiger charge is 2.09. The normalized spacial score (nSPS) is 11.4. The third-order valence-corrected chi connectivity index (χ3v) is 4.05. The van der Waals surface area contributed by atoms with Crippen molar-refractivity contribution < 1.29 is 0 Å². The Bertz CT molecular complexity index is 915. The van der Waals surface area contributed by atoms with Gasteiger partial charge in [0, 0.05) is 23.4 Å². The van der Waals surface area contributed by atoms with E-state index in [1.165, 1.54) is 0 Å². The van der Waals surface area contributed by atoms with Crippen LogP contribution in [0.1, 0.15) is 25.8 Å². The molecule has 0 unspecified atom stereocenters. The quantitative estimate of drug-likeness (QED) is 0.661. The smallest absolute Gasteiger partial charge is 0.225 e. The molecule has 26 heavy (non-hydrogen) atoms. The largest absolute Gasteiger partial charge is 0.352 e. The molecule has 0 spiro atoms. The van der Waals surface area contributed by atoms with Crippen molar-refractivity contribution in [1.82, 2.24) is 9.97 Å². The maximum atomic E-state index is 9.08. The van der Waals surface area contributed by atoms with Gasteiger partial charge >= 0.3 is 0 Å². The standard InChI is InChI=1S/C21H21N5/c1-3-15(2)23-21-25-19(17-9-5-4-6-10-17)13-20(26-21)24-18-11-7-8-16(12-18)14-22/h4-13,15H,3H2,1-2H3,(H2,23,24,25,26)/t15-/m0/s1. The van der Waals surface area contributed by atoms with Gasteiger partial charge < -0.3 is 10.6 Å². The van der Waals surface area contributed by atoms with Gasteiger partial charge in [-0.2, -0.15) is 10.2 Å². The zero-order valence-corrected chi connectivity index (χ0v) is 14.9. The van der Waals surface area contributed by atoms with Crippen molar-refractivity contribution in [1.29, 1.82) is 5.26 Å². The van der Waals surface area contributed by atoms with Gasteiger partial charge in [-0.25, -0.2) is 4.98 Å². The fourth-order valence-electron chi connectivity index (χ4n) is 2.47. The minimum atomic E-state index is 0.274. The number of rotatable bonds is 6. The van der Waals surface area contributed by atoms with Crippen molar-refractivity contribution in [3.8, 4) is 17.3 Å². The van der Waals surface area contributed by atoms with Crippen molar-refractivity contribution in [2.75, 3.05) is 10.6 Å². The van der Waals surface area contributed by atoms with E-state index in [2.05, 4.69) is 40.5 Å². The minimum absolute atomic E-state index is 0.274. The number of hydrogen-bond donors (Lipinski definition) is 2. The molecule has 0 aliphatic heterocycles. The van der Waals surface area contributed by atoms with Crippen LogP contribution >= 0.6 is 0 Å². The average Bonchev–Trinajstić information content (AvgIpc) is 2.68. The van der Waals surface area contributed by atoms with Crippen LogP contribution in [-0.4, -0.2) is 16.0 Å². The fraction of sp³-hybridized carbons (Fsp3) is 0.190. The van der Waals surface area contributed by atoms with Crippen LogP contribution in [0.2, 0.25) is 0 Å². The summed E-state index contributed by atoms with van der Waals surface area (Å²) in [6, 6.07) is 21.7. The van der Waals surface area contributed by atoms with Gasteiger partial charge in [-0.1, -0.05) is 43.3 Å². The monoisotopic (exact) mass is 343 g/mol. The molecule has 0 radical (unpaired) electrons. The van der Waals surface area contributed by atoms with Gasteiger partial charge in [0.2, 0.25) is 5.95 Å². The summed E-state index contributed by atoms with van der Waals surface area (Å²) in [7, 11) is 0. The molecule has 0 amide bonds. The van der Waals surface area contributed by atoms with Gasteiger partial charge in [0.1, 0.15) is 5.82 Å². The van der Waals surface area contributed by atoms with Gasteiger partial charge in [-0.3, -0.25) is 0 Å². The fourth-order valence-corrected chi connectivity index (χ4v) is 2.47. The number of nitriles is 1. The molecule has 1 heterocycles. The number of anilines is 3. The summed E-state index contributed by atoms with van der Waals surface area (Å²) < 4.78 is 0. The van der Waals surface area contributed by atoms with E-state index in [0.717, 1.165) is 23.4 Å².